The van der Waals surface area contributed by atoms with Gasteiger partial charge >= 0.3 is 5.91 Å². The number of nitrogens with zero attached hydrogens (tertiary/aromatic N) is 2. The largest absolute Gasteiger partial charge is 0.345 e. The maximum atomic E-state index is 11.1. The summed E-state index contributed by atoms with van der Waals surface area (Å²) in [5, 5.41) is 7.65. The van der Waals surface area contributed by atoms with E-state index in [1.165, 1.54) is 0 Å². The average molecular weight is 241 g/mol. The Kier molecular flexibility index (Phi) is 4.70. The van der Waals surface area contributed by atoms with Crippen LogP contribution in [0, 0.1) is 4.91 Å². The molecule has 1 saturated heterocycles. The van der Waals surface area contributed by atoms with E-state index in [-0.39, 0.29) is 11.9 Å². The molecule has 0 radical (unpaired) electrons. The second kappa shape index (κ2) is 6.04. The Morgan fingerprint density at radius 2 is 2.29 bits per heavy atom. The molecule has 0 spiro atoms. The predicted octanol–water partition coefficient (Wildman–Crippen LogP) is -1.15. The summed E-state index contributed by atoms with van der Waals surface area (Å²) >= 11 is 0. The van der Waals surface area contributed by atoms with Gasteiger partial charge in [0.05, 0.1) is 6.04 Å². The number of guanidine groups is 1. The van der Waals surface area contributed by atoms with Crippen LogP contribution in [0.15, 0.2) is 10.2 Å². The minimum absolute atomic E-state index is 0.124. The molecule has 0 saturated carbocycles. The van der Waals surface area contributed by atoms with E-state index in [9.17, 15) is 14.5 Å². The summed E-state index contributed by atoms with van der Waals surface area (Å²) in [7, 11) is 0. The van der Waals surface area contributed by atoms with Crippen molar-refractivity contribution in [2.45, 2.75) is 31.8 Å². The highest BCUT2D eigenvalue weighted by atomic mass is 16.3. The molecule has 17 heavy (non-hydrogen) atoms. The molecular weight excluding hydrogens is 226 g/mol. The fraction of sp³-hybridized carbons (Fsp3) is 0.667. The quantitative estimate of drug-likeness (QED) is 0.414. The van der Waals surface area contributed by atoms with Crippen LogP contribution in [0.25, 0.3) is 0 Å². The lowest BCUT2D eigenvalue weighted by molar-refractivity contribution is -0.120. The molecule has 94 valence electrons. The van der Waals surface area contributed by atoms with Crippen LogP contribution in [-0.4, -0.2) is 36.4 Å². The molecule has 0 bridgehead atoms. The molecule has 1 rings (SSSR count). The van der Waals surface area contributed by atoms with Crippen LogP contribution in [0.2, 0.25) is 0 Å². The Hall–Kier alpha value is -1.83. The molecular formula is C9H15N5O3. The normalized spacial score (nSPS) is 23.1. The van der Waals surface area contributed by atoms with Crippen molar-refractivity contribution in [2.75, 3.05) is 6.54 Å². The predicted molar refractivity (Wildman–Crippen MR) is 61.1 cm³/mol. The molecule has 2 unspecified atom stereocenters. The van der Waals surface area contributed by atoms with Crippen molar-refractivity contribution in [2.24, 2.45) is 15.9 Å². The van der Waals surface area contributed by atoms with E-state index >= 15 is 0 Å². The van der Waals surface area contributed by atoms with E-state index in [1.807, 2.05) is 0 Å². The van der Waals surface area contributed by atoms with Crippen molar-refractivity contribution in [3.8, 4) is 0 Å². The third-order valence-electron chi connectivity index (χ3n) is 2.34. The Balaban J connectivity index is 2.24. The molecule has 8 heteroatoms. The van der Waals surface area contributed by atoms with Crippen LogP contribution < -0.4 is 16.4 Å². The van der Waals surface area contributed by atoms with Crippen LogP contribution in [0.4, 0.5) is 0 Å². The SMILES string of the molecule is CC1NC(=NCCCC(N)C(=O)N=O)NC1=O. The fourth-order valence-electron chi connectivity index (χ4n) is 1.31. The molecule has 2 atom stereocenters. The minimum Gasteiger partial charge on any atom is -0.345 e. The second-order valence-corrected chi connectivity index (χ2v) is 3.76. The number of aliphatic imine (C=N–C) groups is 1. The van der Waals surface area contributed by atoms with Gasteiger partial charge in [-0.25, -0.2) is 0 Å². The van der Waals surface area contributed by atoms with Gasteiger partial charge in [0.2, 0.25) is 5.91 Å². The number of carbonyl (C=O) groups is 2. The van der Waals surface area contributed by atoms with Gasteiger partial charge in [0.15, 0.2) is 5.96 Å². The van der Waals surface area contributed by atoms with Gasteiger partial charge in [0.25, 0.3) is 0 Å². The molecule has 2 amide bonds. The Morgan fingerprint density at radius 3 is 2.82 bits per heavy atom. The summed E-state index contributed by atoms with van der Waals surface area (Å²) < 4.78 is 0. The highest BCUT2D eigenvalue weighted by molar-refractivity contribution is 6.06. The maximum Gasteiger partial charge on any atom is 0.302 e. The standard InChI is InChI=1S/C9H15N5O3/c1-5-7(15)13-9(12-5)11-4-2-3-6(10)8(16)14-17/h5-6H,2-4,10H2,1H3,(H2,11,12,13,15). The van der Waals surface area contributed by atoms with Crippen LogP contribution in [-0.2, 0) is 9.59 Å². The van der Waals surface area contributed by atoms with Gasteiger partial charge in [-0.05, 0) is 19.8 Å². The zero-order chi connectivity index (χ0) is 12.8. The lowest BCUT2D eigenvalue weighted by atomic mass is 10.1. The van der Waals surface area contributed by atoms with Gasteiger partial charge < -0.3 is 11.1 Å². The summed E-state index contributed by atoms with van der Waals surface area (Å²) in [6.45, 7) is 2.14. The van der Waals surface area contributed by atoms with E-state index in [2.05, 4.69) is 20.8 Å². The summed E-state index contributed by atoms with van der Waals surface area (Å²) in [6, 6.07) is -1.14. The number of carbonyl (C=O) groups excluding carboxylic acids is 2. The number of nitrogens with two attached hydrogens (primary N) is 1. The number of amides is 2. The summed E-state index contributed by atoms with van der Waals surface area (Å²) in [6.07, 6.45) is 0.878. The molecule has 0 aliphatic carbocycles. The second-order valence-electron chi connectivity index (χ2n) is 3.76. The van der Waals surface area contributed by atoms with Crippen molar-refractivity contribution in [3.63, 3.8) is 0 Å². The Labute approximate surface area is 98.0 Å². The van der Waals surface area contributed by atoms with E-state index in [4.69, 9.17) is 5.73 Å². The van der Waals surface area contributed by atoms with Crippen LogP contribution >= 0.6 is 0 Å². The third-order valence-corrected chi connectivity index (χ3v) is 2.34. The van der Waals surface area contributed by atoms with Gasteiger partial charge in [-0.15, -0.1) is 4.91 Å². The summed E-state index contributed by atoms with van der Waals surface area (Å²) in [5.74, 6) is -0.546. The lowest BCUT2D eigenvalue weighted by Crippen LogP contribution is -2.29. The fourth-order valence-corrected chi connectivity index (χ4v) is 1.31. The van der Waals surface area contributed by atoms with E-state index in [1.54, 1.807) is 6.92 Å². The van der Waals surface area contributed by atoms with Crippen molar-refractivity contribution in [3.05, 3.63) is 4.91 Å². The molecule has 0 aromatic heterocycles. The van der Waals surface area contributed by atoms with E-state index in [0.717, 1.165) is 0 Å². The molecule has 8 nitrogen and oxygen atoms in total. The Bertz CT molecular complexity index is 355. The first-order valence-corrected chi connectivity index (χ1v) is 5.29. The van der Waals surface area contributed by atoms with Crippen LogP contribution in [0.5, 0.6) is 0 Å². The third kappa shape index (κ3) is 3.91. The molecule has 4 N–H and O–H groups in total. The van der Waals surface area contributed by atoms with Gasteiger partial charge in [0, 0.05) is 11.7 Å². The topological polar surface area (TPSA) is 126 Å². The van der Waals surface area contributed by atoms with Gasteiger partial charge in [-0.2, -0.15) is 0 Å². The smallest absolute Gasteiger partial charge is 0.302 e. The lowest BCUT2D eigenvalue weighted by Gasteiger charge is -2.04. The number of rotatable bonds is 5. The zero-order valence-corrected chi connectivity index (χ0v) is 9.47. The monoisotopic (exact) mass is 241 g/mol. The van der Waals surface area contributed by atoms with Gasteiger partial charge in [-0.1, -0.05) is 0 Å². The summed E-state index contributed by atoms with van der Waals surface area (Å²) in [4.78, 5) is 35.8. The highest BCUT2D eigenvalue weighted by Crippen LogP contribution is 1.98. The van der Waals surface area contributed by atoms with Crippen LogP contribution in [0.3, 0.4) is 0 Å². The van der Waals surface area contributed by atoms with Gasteiger partial charge in [-0.3, -0.25) is 19.9 Å². The maximum absolute atomic E-state index is 11.1. The van der Waals surface area contributed by atoms with Crippen molar-refractivity contribution < 1.29 is 9.59 Å². The number of hydrogen-bond acceptors (Lipinski definition) is 5. The molecule has 0 aromatic carbocycles. The average Bonchev–Trinajstić information content (AvgIpc) is 2.63. The molecule has 1 aliphatic heterocycles. The summed E-state index contributed by atoms with van der Waals surface area (Å²) in [5.41, 5.74) is 5.39. The van der Waals surface area contributed by atoms with Crippen LogP contribution in [0.1, 0.15) is 19.8 Å². The van der Waals surface area contributed by atoms with Crippen molar-refractivity contribution >= 4 is 17.8 Å². The Morgan fingerprint density at radius 1 is 1.59 bits per heavy atom. The first-order chi connectivity index (χ1) is 8.04. The molecule has 1 heterocycles. The first kappa shape index (κ1) is 13.2. The number of nitrogens with one attached hydrogen (secondary N) is 2. The molecule has 1 fully saturated rings. The first-order valence-electron chi connectivity index (χ1n) is 5.29. The van der Waals surface area contributed by atoms with Gasteiger partial charge in [0.1, 0.15) is 6.04 Å². The zero-order valence-electron chi connectivity index (χ0n) is 9.47. The van der Waals surface area contributed by atoms with Crippen molar-refractivity contribution in [1.29, 1.82) is 0 Å². The number of nitroso groups, excluding NO2 is 1. The highest BCUT2D eigenvalue weighted by Gasteiger charge is 2.23. The molecule has 0 aromatic rings. The number of hydrogen-bond donors (Lipinski definition) is 3. The van der Waals surface area contributed by atoms with E-state index < -0.39 is 11.9 Å². The minimum atomic E-state index is -0.863. The van der Waals surface area contributed by atoms with E-state index in [0.29, 0.717) is 25.3 Å². The van der Waals surface area contributed by atoms with Crippen molar-refractivity contribution in [1.82, 2.24) is 10.6 Å². The molecule has 1 aliphatic rings.